The average Bonchev–Trinajstić information content (AvgIpc) is 2.75. The number of benzene rings is 2. The number of methoxy groups -OCH3 is 2. The maximum absolute atomic E-state index is 12.2. The molecule has 0 radical (unpaired) electrons. The van der Waals surface area contributed by atoms with Crippen LogP contribution in [0.1, 0.15) is 16.7 Å². The molecule has 1 heterocycles. The number of fused-ring (bicyclic) bond motifs is 1. The van der Waals surface area contributed by atoms with Crippen LogP contribution < -0.4 is 14.2 Å². The van der Waals surface area contributed by atoms with Gasteiger partial charge in [-0.1, -0.05) is 12.1 Å². The van der Waals surface area contributed by atoms with E-state index >= 15 is 0 Å². The van der Waals surface area contributed by atoms with Gasteiger partial charge in [-0.25, -0.2) is 4.79 Å². The number of esters is 1. The van der Waals surface area contributed by atoms with Gasteiger partial charge in [0.2, 0.25) is 0 Å². The molecule has 0 unspecified atom stereocenters. The van der Waals surface area contributed by atoms with E-state index in [1.807, 2.05) is 0 Å². The molecule has 0 aromatic heterocycles. The summed E-state index contributed by atoms with van der Waals surface area (Å²) >= 11 is 0. The Labute approximate surface area is 166 Å². The Balaban J connectivity index is 1.74. The van der Waals surface area contributed by atoms with Crippen molar-refractivity contribution in [2.45, 2.75) is 13.2 Å². The highest BCUT2D eigenvalue weighted by atomic mass is 16.7. The first-order valence-corrected chi connectivity index (χ1v) is 8.60. The van der Waals surface area contributed by atoms with E-state index in [2.05, 4.69) is 0 Å². The molecule has 0 N–H and O–H groups in total. The van der Waals surface area contributed by atoms with Crippen molar-refractivity contribution in [1.29, 1.82) is 0 Å². The number of hydrogen-bond acceptors (Lipinski definition) is 8. The lowest BCUT2D eigenvalue weighted by Crippen LogP contribution is -2.14. The van der Waals surface area contributed by atoms with E-state index in [0.717, 1.165) is 0 Å². The summed E-state index contributed by atoms with van der Waals surface area (Å²) < 4.78 is 26.3. The number of nitro groups is 1. The molecule has 3 rings (SSSR count). The molecule has 152 valence electrons. The lowest BCUT2D eigenvalue weighted by Gasteiger charge is -2.20. The molecular formula is C20H19NO8. The number of carbonyl (C=O) groups excluding carboxylic acids is 1. The fourth-order valence-corrected chi connectivity index (χ4v) is 2.89. The fraction of sp³-hybridized carbons (Fsp3) is 0.250. The lowest BCUT2D eigenvalue weighted by molar-refractivity contribution is -0.385. The normalized spacial score (nSPS) is 12.8. The molecule has 0 bridgehead atoms. The van der Waals surface area contributed by atoms with E-state index in [1.54, 1.807) is 18.2 Å². The van der Waals surface area contributed by atoms with Gasteiger partial charge in [-0.3, -0.25) is 10.1 Å². The molecule has 0 amide bonds. The van der Waals surface area contributed by atoms with Crippen molar-refractivity contribution in [3.63, 3.8) is 0 Å². The first-order valence-electron chi connectivity index (χ1n) is 8.60. The molecule has 0 saturated carbocycles. The van der Waals surface area contributed by atoms with Crippen LogP contribution in [0.25, 0.3) is 6.08 Å². The summed E-state index contributed by atoms with van der Waals surface area (Å²) in [6.07, 6.45) is 2.78. The Hall–Kier alpha value is -3.59. The monoisotopic (exact) mass is 401 g/mol. The van der Waals surface area contributed by atoms with Crippen molar-refractivity contribution in [3.05, 3.63) is 63.2 Å². The predicted octanol–water partition coefficient (Wildman–Crippen LogP) is 3.24. The molecule has 0 aliphatic carbocycles. The minimum absolute atomic E-state index is 0.0291. The van der Waals surface area contributed by atoms with Crippen molar-refractivity contribution in [3.8, 4) is 17.2 Å². The number of carbonyl (C=O) groups is 1. The van der Waals surface area contributed by atoms with Crippen LogP contribution >= 0.6 is 0 Å². The summed E-state index contributed by atoms with van der Waals surface area (Å²) in [5, 5.41) is 11.1. The second-order valence-corrected chi connectivity index (χ2v) is 5.98. The highest BCUT2D eigenvalue weighted by molar-refractivity contribution is 5.88. The molecule has 1 aliphatic rings. The van der Waals surface area contributed by atoms with Crippen LogP contribution in [0.2, 0.25) is 0 Å². The molecule has 0 atom stereocenters. The van der Waals surface area contributed by atoms with Crippen LogP contribution in [0.4, 0.5) is 5.69 Å². The zero-order valence-electron chi connectivity index (χ0n) is 15.9. The highest BCUT2D eigenvalue weighted by Gasteiger charge is 2.21. The molecule has 29 heavy (non-hydrogen) atoms. The van der Waals surface area contributed by atoms with Crippen LogP contribution in [0.15, 0.2) is 36.4 Å². The van der Waals surface area contributed by atoms with Gasteiger partial charge in [-0.05, 0) is 12.1 Å². The number of nitro benzene ring substituents is 1. The molecule has 1 aliphatic heterocycles. The van der Waals surface area contributed by atoms with Gasteiger partial charge in [-0.15, -0.1) is 0 Å². The zero-order chi connectivity index (χ0) is 20.8. The largest absolute Gasteiger partial charge is 0.493 e. The van der Waals surface area contributed by atoms with Crippen LogP contribution in [0.5, 0.6) is 17.2 Å². The third-order valence-corrected chi connectivity index (χ3v) is 4.18. The quantitative estimate of drug-likeness (QED) is 0.301. The summed E-state index contributed by atoms with van der Waals surface area (Å²) in [5.74, 6) is 0.834. The third-order valence-electron chi connectivity index (χ3n) is 4.18. The van der Waals surface area contributed by atoms with E-state index in [-0.39, 0.29) is 25.7 Å². The smallest absolute Gasteiger partial charge is 0.331 e. The molecule has 2 aromatic rings. The number of nitrogens with zero attached hydrogens (tertiary/aromatic N) is 1. The lowest BCUT2D eigenvalue weighted by atomic mass is 10.1. The van der Waals surface area contributed by atoms with Gasteiger partial charge in [0.15, 0.2) is 18.3 Å². The SMILES string of the molecule is COc1cccc(C=CC(=O)OCc2cc([N+](=O)[O-])cc3c2OCOC3)c1OC. The van der Waals surface area contributed by atoms with Crippen molar-refractivity contribution >= 4 is 17.7 Å². The van der Waals surface area contributed by atoms with Crippen molar-refractivity contribution in [1.82, 2.24) is 0 Å². The van der Waals surface area contributed by atoms with E-state index in [9.17, 15) is 14.9 Å². The fourth-order valence-electron chi connectivity index (χ4n) is 2.89. The Bertz CT molecular complexity index is 954. The summed E-state index contributed by atoms with van der Waals surface area (Å²) in [6.45, 7) is 0.0389. The van der Waals surface area contributed by atoms with Gasteiger partial charge in [0.1, 0.15) is 12.4 Å². The Morgan fingerprint density at radius 1 is 1.28 bits per heavy atom. The number of para-hydroxylation sites is 1. The van der Waals surface area contributed by atoms with E-state index in [4.69, 9.17) is 23.7 Å². The zero-order valence-corrected chi connectivity index (χ0v) is 15.9. The molecule has 0 saturated heterocycles. The predicted molar refractivity (Wildman–Crippen MR) is 102 cm³/mol. The van der Waals surface area contributed by atoms with Gasteiger partial charge >= 0.3 is 5.97 Å². The number of hydrogen-bond donors (Lipinski definition) is 0. The maximum atomic E-state index is 12.2. The second-order valence-electron chi connectivity index (χ2n) is 5.98. The van der Waals surface area contributed by atoms with E-state index in [1.165, 1.54) is 38.5 Å². The summed E-state index contributed by atoms with van der Waals surface area (Å²) in [7, 11) is 3.02. The molecule has 0 fully saturated rings. The van der Waals surface area contributed by atoms with Gasteiger partial charge in [0.25, 0.3) is 5.69 Å². The molecule has 9 heteroatoms. The van der Waals surface area contributed by atoms with Crippen molar-refractivity contribution in [2.75, 3.05) is 21.0 Å². The van der Waals surface area contributed by atoms with Crippen LogP contribution in [-0.4, -0.2) is 31.9 Å². The standard InChI is InChI=1S/C20H19NO8/c1-25-17-5-3-4-13(20(17)26-2)6-7-18(22)28-11-15-9-16(21(23)24)8-14-10-27-12-29-19(14)15/h3-9H,10-12H2,1-2H3. The first kappa shape index (κ1) is 20.2. The number of rotatable bonds is 7. The average molecular weight is 401 g/mol. The van der Waals surface area contributed by atoms with Gasteiger partial charge in [0.05, 0.1) is 25.7 Å². The van der Waals surface area contributed by atoms with Crippen molar-refractivity contribution in [2.24, 2.45) is 0 Å². The Morgan fingerprint density at radius 2 is 2.10 bits per heavy atom. The molecule has 0 spiro atoms. The Morgan fingerprint density at radius 3 is 2.83 bits per heavy atom. The third kappa shape index (κ3) is 4.64. The molecule has 2 aromatic carbocycles. The first-order chi connectivity index (χ1) is 14.0. The number of ether oxygens (including phenoxy) is 5. The summed E-state index contributed by atoms with van der Waals surface area (Å²) in [4.78, 5) is 22.8. The minimum atomic E-state index is -0.623. The second kappa shape index (κ2) is 9.07. The summed E-state index contributed by atoms with van der Waals surface area (Å²) in [5.41, 5.74) is 1.45. The molecule has 9 nitrogen and oxygen atoms in total. The number of non-ortho nitro benzene ring substituents is 1. The van der Waals surface area contributed by atoms with Gasteiger partial charge in [0, 0.05) is 34.9 Å². The minimum Gasteiger partial charge on any atom is -0.493 e. The summed E-state index contributed by atoms with van der Waals surface area (Å²) in [6, 6.07) is 7.97. The van der Waals surface area contributed by atoms with Gasteiger partial charge < -0.3 is 23.7 Å². The van der Waals surface area contributed by atoms with Gasteiger partial charge in [-0.2, -0.15) is 0 Å². The Kier molecular flexibility index (Phi) is 6.30. The van der Waals surface area contributed by atoms with Crippen molar-refractivity contribution < 1.29 is 33.4 Å². The van der Waals surface area contributed by atoms with Crippen LogP contribution in [0, 0.1) is 10.1 Å². The molecular weight excluding hydrogens is 382 g/mol. The maximum Gasteiger partial charge on any atom is 0.331 e. The topological polar surface area (TPSA) is 106 Å². The highest BCUT2D eigenvalue weighted by Crippen LogP contribution is 2.33. The van der Waals surface area contributed by atoms with Crippen LogP contribution in [-0.2, 0) is 27.5 Å². The van der Waals surface area contributed by atoms with E-state index in [0.29, 0.717) is 33.9 Å². The van der Waals surface area contributed by atoms with E-state index < -0.39 is 10.9 Å². The van der Waals surface area contributed by atoms with Crippen LogP contribution in [0.3, 0.4) is 0 Å².